The van der Waals surface area contributed by atoms with Gasteiger partial charge in [0, 0.05) is 25.3 Å². The fourth-order valence-electron chi connectivity index (χ4n) is 1.84. The van der Waals surface area contributed by atoms with Crippen LogP contribution in [0.3, 0.4) is 0 Å². The van der Waals surface area contributed by atoms with Crippen LogP contribution >= 0.6 is 0 Å². The number of aliphatic carboxylic acids is 1. The molecule has 1 unspecified atom stereocenters. The molecule has 1 aromatic rings. The predicted molar refractivity (Wildman–Crippen MR) is 69.2 cm³/mol. The zero-order valence-corrected chi connectivity index (χ0v) is 12.1. The molecule has 0 aliphatic rings. The fourth-order valence-corrected chi connectivity index (χ4v) is 3.42. The Labute approximate surface area is 112 Å². The van der Waals surface area contributed by atoms with Gasteiger partial charge in [0.05, 0.1) is 12.7 Å². The second-order valence-corrected chi connectivity index (χ2v) is 6.04. The van der Waals surface area contributed by atoms with E-state index in [2.05, 4.69) is 4.98 Å². The van der Waals surface area contributed by atoms with E-state index in [4.69, 9.17) is 5.11 Å². The summed E-state index contributed by atoms with van der Waals surface area (Å²) in [6.07, 6.45) is 2.66. The summed E-state index contributed by atoms with van der Waals surface area (Å²) in [4.78, 5) is 14.6. The third-order valence-corrected chi connectivity index (χ3v) is 4.80. The lowest BCUT2D eigenvalue weighted by Gasteiger charge is -2.24. The maximum atomic E-state index is 12.4. The molecule has 0 saturated heterocycles. The summed E-state index contributed by atoms with van der Waals surface area (Å²) < 4.78 is 27.6. The van der Waals surface area contributed by atoms with Crippen LogP contribution in [0.1, 0.15) is 27.2 Å². The normalized spacial score (nSPS) is 13.7. The topological polar surface area (TPSA) is 92.5 Å². The van der Waals surface area contributed by atoms with E-state index in [0.29, 0.717) is 6.54 Å². The Morgan fingerprint density at radius 1 is 1.53 bits per heavy atom. The highest BCUT2D eigenvalue weighted by atomic mass is 32.2. The molecule has 0 spiro atoms. The van der Waals surface area contributed by atoms with Gasteiger partial charge in [0.1, 0.15) is 0 Å². The molecule has 0 amide bonds. The number of imidazole rings is 1. The lowest BCUT2D eigenvalue weighted by molar-refractivity contribution is -0.137. The van der Waals surface area contributed by atoms with Crippen LogP contribution in [0.2, 0.25) is 0 Å². The number of aromatic nitrogens is 2. The van der Waals surface area contributed by atoms with E-state index in [-0.39, 0.29) is 18.0 Å². The van der Waals surface area contributed by atoms with Crippen molar-refractivity contribution in [3.8, 4) is 0 Å². The molecular weight excluding hydrogens is 270 g/mol. The summed E-state index contributed by atoms with van der Waals surface area (Å²) in [7, 11) is -3.75. The number of rotatable bonds is 7. The number of aryl methyl sites for hydroxylation is 1. The first kappa shape index (κ1) is 15.6. The van der Waals surface area contributed by atoms with Crippen LogP contribution in [0, 0.1) is 0 Å². The van der Waals surface area contributed by atoms with Crippen LogP contribution in [-0.4, -0.2) is 45.9 Å². The first-order valence-electron chi connectivity index (χ1n) is 6.08. The minimum Gasteiger partial charge on any atom is -0.481 e. The molecule has 0 saturated carbocycles. The summed E-state index contributed by atoms with van der Waals surface area (Å²) in [5, 5.41) is 8.72. The van der Waals surface area contributed by atoms with Gasteiger partial charge in [-0.05, 0) is 13.8 Å². The van der Waals surface area contributed by atoms with E-state index in [1.54, 1.807) is 18.4 Å². The highest BCUT2D eigenvalue weighted by Crippen LogP contribution is 2.17. The molecule has 1 atom stereocenters. The Morgan fingerprint density at radius 3 is 2.58 bits per heavy atom. The molecule has 0 aliphatic heterocycles. The van der Waals surface area contributed by atoms with Gasteiger partial charge >= 0.3 is 5.97 Å². The van der Waals surface area contributed by atoms with Crippen LogP contribution in [0.25, 0.3) is 0 Å². The van der Waals surface area contributed by atoms with Crippen LogP contribution in [0.15, 0.2) is 17.6 Å². The third-order valence-electron chi connectivity index (χ3n) is 2.82. The second-order valence-electron chi connectivity index (χ2n) is 4.20. The van der Waals surface area contributed by atoms with Crippen molar-refractivity contribution in [3.05, 3.63) is 12.5 Å². The van der Waals surface area contributed by atoms with E-state index < -0.39 is 22.0 Å². The van der Waals surface area contributed by atoms with Gasteiger partial charge in [-0.25, -0.2) is 13.4 Å². The van der Waals surface area contributed by atoms with Gasteiger partial charge in [-0.2, -0.15) is 4.31 Å². The van der Waals surface area contributed by atoms with Crippen LogP contribution < -0.4 is 0 Å². The van der Waals surface area contributed by atoms with E-state index in [9.17, 15) is 13.2 Å². The molecule has 1 N–H and O–H groups in total. The van der Waals surface area contributed by atoms with Crippen molar-refractivity contribution in [2.45, 2.75) is 44.8 Å². The number of carbonyl (C=O) groups is 1. The lowest BCUT2D eigenvalue weighted by Crippen LogP contribution is -2.39. The Morgan fingerprint density at radius 2 is 2.16 bits per heavy atom. The molecule has 7 nitrogen and oxygen atoms in total. The van der Waals surface area contributed by atoms with Crippen LogP contribution in [-0.2, 0) is 21.4 Å². The first-order chi connectivity index (χ1) is 8.82. The molecule has 0 fully saturated rings. The van der Waals surface area contributed by atoms with Crippen molar-refractivity contribution in [2.75, 3.05) is 6.54 Å². The van der Waals surface area contributed by atoms with Gasteiger partial charge in [0.25, 0.3) is 10.0 Å². The molecule has 1 rings (SSSR count). The minimum absolute atomic E-state index is 0.0477. The van der Waals surface area contributed by atoms with Crippen molar-refractivity contribution >= 4 is 16.0 Å². The number of sulfonamides is 1. The summed E-state index contributed by atoms with van der Waals surface area (Å²) in [5.41, 5.74) is 0. The van der Waals surface area contributed by atoms with Gasteiger partial charge in [0.2, 0.25) is 0 Å². The summed E-state index contributed by atoms with van der Waals surface area (Å²) in [6.45, 7) is 5.95. The van der Waals surface area contributed by atoms with Gasteiger partial charge in [0.15, 0.2) is 5.03 Å². The molecule has 1 heterocycles. The van der Waals surface area contributed by atoms with Gasteiger partial charge < -0.3 is 9.67 Å². The zero-order valence-electron chi connectivity index (χ0n) is 11.3. The first-order valence-corrected chi connectivity index (χ1v) is 7.52. The van der Waals surface area contributed by atoms with Crippen LogP contribution in [0.4, 0.5) is 0 Å². The Kier molecular flexibility index (Phi) is 5.07. The van der Waals surface area contributed by atoms with Crippen molar-refractivity contribution in [3.63, 3.8) is 0 Å². The average Bonchev–Trinajstić information content (AvgIpc) is 2.77. The summed E-state index contributed by atoms with van der Waals surface area (Å²) in [6, 6.07) is -0.612. The smallest absolute Gasteiger partial charge is 0.304 e. The highest BCUT2D eigenvalue weighted by Gasteiger charge is 2.30. The number of hydrogen-bond donors (Lipinski definition) is 1. The fraction of sp³-hybridized carbons (Fsp3) is 0.636. The molecule has 8 heteroatoms. The van der Waals surface area contributed by atoms with Gasteiger partial charge in [-0.3, -0.25) is 4.79 Å². The van der Waals surface area contributed by atoms with Gasteiger partial charge in [-0.15, -0.1) is 0 Å². The number of nitrogens with zero attached hydrogens (tertiary/aromatic N) is 3. The molecule has 1 aromatic heterocycles. The average molecular weight is 289 g/mol. The monoisotopic (exact) mass is 289 g/mol. The van der Waals surface area contributed by atoms with Crippen molar-refractivity contribution in [1.82, 2.24) is 13.9 Å². The maximum Gasteiger partial charge on any atom is 0.304 e. The predicted octanol–water partition coefficient (Wildman–Crippen LogP) is 0.777. The van der Waals surface area contributed by atoms with Crippen molar-refractivity contribution in [2.24, 2.45) is 0 Å². The Bertz CT molecular complexity index is 538. The SMILES string of the molecule is CCN(C(C)CC(=O)O)S(=O)(=O)c1cn(CC)cn1. The largest absolute Gasteiger partial charge is 0.481 e. The van der Waals surface area contributed by atoms with E-state index >= 15 is 0 Å². The number of carboxylic acid groups (broad SMARTS) is 1. The van der Waals surface area contributed by atoms with E-state index in [1.165, 1.54) is 12.5 Å². The Balaban J connectivity index is 3.04. The third kappa shape index (κ3) is 3.54. The van der Waals surface area contributed by atoms with E-state index in [1.807, 2.05) is 6.92 Å². The lowest BCUT2D eigenvalue weighted by atomic mass is 10.2. The standard InChI is InChI=1S/C11H19N3O4S/c1-4-13-7-10(12-8-13)19(17,18)14(5-2)9(3)6-11(15)16/h7-9H,4-6H2,1-3H3,(H,15,16). The zero-order chi connectivity index (χ0) is 14.6. The quantitative estimate of drug-likeness (QED) is 0.800. The maximum absolute atomic E-state index is 12.4. The minimum atomic E-state index is -3.75. The molecule has 0 radical (unpaired) electrons. The summed E-state index contributed by atoms with van der Waals surface area (Å²) >= 11 is 0. The molecule has 0 aliphatic carbocycles. The highest BCUT2D eigenvalue weighted by molar-refractivity contribution is 7.89. The molecule has 0 bridgehead atoms. The summed E-state index contributed by atoms with van der Waals surface area (Å²) in [5.74, 6) is -1.03. The molecule has 108 valence electrons. The van der Waals surface area contributed by atoms with Crippen molar-refractivity contribution < 1.29 is 18.3 Å². The number of hydrogen-bond acceptors (Lipinski definition) is 4. The molecular formula is C11H19N3O4S. The van der Waals surface area contributed by atoms with Crippen molar-refractivity contribution in [1.29, 1.82) is 0 Å². The van der Waals surface area contributed by atoms with E-state index in [0.717, 1.165) is 4.31 Å². The Hall–Kier alpha value is -1.41. The molecule has 0 aromatic carbocycles. The van der Waals surface area contributed by atoms with Gasteiger partial charge in [-0.1, -0.05) is 6.92 Å². The molecule has 19 heavy (non-hydrogen) atoms. The van der Waals surface area contributed by atoms with Crippen LogP contribution in [0.5, 0.6) is 0 Å². The second kappa shape index (κ2) is 6.16. The number of carboxylic acids is 1.